The summed E-state index contributed by atoms with van der Waals surface area (Å²) in [7, 11) is 2.00. The Morgan fingerprint density at radius 1 is 1.39 bits per heavy atom. The van der Waals surface area contributed by atoms with Gasteiger partial charge in [-0.25, -0.2) is 9.37 Å². The fourth-order valence-corrected chi connectivity index (χ4v) is 2.42. The van der Waals surface area contributed by atoms with Crippen LogP contribution in [0.25, 0.3) is 0 Å². The van der Waals surface area contributed by atoms with E-state index < -0.39 is 0 Å². The number of aryl methyl sites for hydroxylation is 1. The van der Waals surface area contributed by atoms with Crippen molar-refractivity contribution >= 4 is 17.0 Å². The Balaban J connectivity index is 2.00. The van der Waals surface area contributed by atoms with Gasteiger partial charge in [0, 0.05) is 24.2 Å². The first-order valence-electron chi connectivity index (χ1n) is 5.68. The molecule has 1 heterocycles. The van der Waals surface area contributed by atoms with Crippen LogP contribution in [0.4, 0.5) is 10.1 Å². The normalized spacial score (nSPS) is 11.1. The monoisotopic (exact) mass is 265 g/mol. The third-order valence-corrected chi connectivity index (χ3v) is 3.47. The Morgan fingerprint density at radius 2 is 2.17 bits per heavy atom. The molecule has 18 heavy (non-hydrogen) atoms. The van der Waals surface area contributed by atoms with E-state index >= 15 is 0 Å². The average Bonchev–Trinajstić information content (AvgIpc) is 2.68. The number of hydrogen-bond acceptors (Lipinski definition) is 4. The van der Waals surface area contributed by atoms with Crippen molar-refractivity contribution in [3.05, 3.63) is 45.7 Å². The summed E-state index contributed by atoms with van der Waals surface area (Å²) in [5.41, 5.74) is 8.28. The zero-order valence-corrected chi connectivity index (χ0v) is 11.3. The molecule has 0 aliphatic rings. The van der Waals surface area contributed by atoms with Crippen molar-refractivity contribution in [3.63, 3.8) is 0 Å². The van der Waals surface area contributed by atoms with Gasteiger partial charge < -0.3 is 5.73 Å². The summed E-state index contributed by atoms with van der Waals surface area (Å²) >= 11 is 1.65. The van der Waals surface area contributed by atoms with E-state index in [1.54, 1.807) is 17.4 Å². The molecule has 5 heteroatoms. The van der Waals surface area contributed by atoms with Gasteiger partial charge in [0.1, 0.15) is 5.82 Å². The second-order valence-electron chi connectivity index (χ2n) is 4.37. The maximum absolute atomic E-state index is 12.9. The van der Waals surface area contributed by atoms with Crippen molar-refractivity contribution in [3.8, 4) is 0 Å². The number of nitrogens with two attached hydrogens (primary N) is 1. The van der Waals surface area contributed by atoms with E-state index in [4.69, 9.17) is 5.73 Å². The molecule has 0 aliphatic heterocycles. The van der Waals surface area contributed by atoms with E-state index in [9.17, 15) is 4.39 Å². The second-order valence-corrected chi connectivity index (χ2v) is 5.44. The number of thiazole rings is 1. The van der Waals surface area contributed by atoms with Crippen molar-refractivity contribution in [2.75, 3.05) is 12.8 Å². The maximum Gasteiger partial charge on any atom is 0.125 e. The highest BCUT2D eigenvalue weighted by Gasteiger charge is 2.07. The molecule has 0 saturated heterocycles. The van der Waals surface area contributed by atoms with Gasteiger partial charge in [0.05, 0.1) is 10.7 Å². The Kier molecular flexibility index (Phi) is 3.93. The van der Waals surface area contributed by atoms with Crippen molar-refractivity contribution < 1.29 is 4.39 Å². The first-order chi connectivity index (χ1) is 8.54. The summed E-state index contributed by atoms with van der Waals surface area (Å²) in [6, 6.07) is 4.52. The minimum Gasteiger partial charge on any atom is -0.398 e. The smallest absolute Gasteiger partial charge is 0.125 e. The lowest BCUT2D eigenvalue weighted by Gasteiger charge is -2.16. The molecular weight excluding hydrogens is 249 g/mol. The fraction of sp³-hybridized carbons (Fsp3) is 0.308. The zero-order chi connectivity index (χ0) is 13.1. The van der Waals surface area contributed by atoms with Crippen LogP contribution in [-0.4, -0.2) is 16.9 Å². The van der Waals surface area contributed by atoms with Gasteiger partial charge in [-0.05, 0) is 31.7 Å². The molecule has 0 bridgehead atoms. The number of anilines is 1. The number of hydrogen-bond donors (Lipinski definition) is 1. The molecule has 0 unspecified atom stereocenters. The van der Waals surface area contributed by atoms with Gasteiger partial charge in [-0.3, -0.25) is 4.90 Å². The molecule has 2 N–H and O–H groups in total. The van der Waals surface area contributed by atoms with E-state index in [1.807, 2.05) is 14.0 Å². The Bertz CT molecular complexity index is 539. The number of nitrogen functional groups attached to an aromatic ring is 1. The summed E-state index contributed by atoms with van der Waals surface area (Å²) in [6.45, 7) is 3.44. The van der Waals surface area contributed by atoms with Crippen LogP contribution in [0, 0.1) is 12.7 Å². The lowest BCUT2D eigenvalue weighted by Crippen LogP contribution is -2.18. The van der Waals surface area contributed by atoms with Gasteiger partial charge >= 0.3 is 0 Å². The van der Waals surface area contributed by atoms with E-state index in [0.29, 0.717) is 12.2 Å². The SMILES string of the molecule is Cc1nc(CN(C)Cc2ccc(F)cc2N)cs1. The molecule has 2 aromatic rings. The first-order valence-corrected chi connectivity index (χ1v) is 6.56. The van der Waals surface area contributed by atoms with Crippen LogP contribution in [-0.2, 0) is 13.1 Å². The van der Waals surface area contributed by atoms with E-state index in [2.05, 4.69) is 15.3 Å². The quantitative estimate of drug-likeness (QED) is 0.864. The highest BCUT2D eigenvalue weighted by molar-refractivity contribution is 7.09. The molecule has 0 amide bonds. The number of halogens is 1. The van der Waals surface area contributed by atoms with Crippen LogP contribution in [0.15, 0.2) is 23.6 Å². The topological polar surface area (TPSA) is 42.2 Å². The Morgan fingerprint density at radius 3 is 2.78 bits per heavy atom. The fourth-order valence-electron chi connectivity index (χ4n) is 1.81. The van der Waals surface area contributed by atoms with E-state index in [1.165, 1.54) is 12.1 Å². The molecule has 2 rings (SSSR count). The molecule has 0 aliphatic carbocycles. The second kappa shape index (κ2) is 5.46. The summed E-state index contributed by atoms with van der Waals surface area (Å²) in [5, 5.41) is 3.12. The molecule has 1 aromatic carbocycles. The highest BCUT2D eigenvalue weighted by atomic mass is 32.1. The number of benzene rings is 1. The van der Waals surface area contributed by atoms with Gasteiger partial charge in [0.15, 0.2) is 0 Å². The minimum atomic E-state index is -0.297. The van der Waals surface area contributed by atoms with Gasteiger partial charge in [0.2, 0.25) is 0 Å². The summed E-state index contributed by atoms with van der Waals surface area (Å²) in [5.74, 6) is -0.297. The Labute approximate surface area is 110 Å². The number of aromatic nitrogens is 1. The summed E-state index contributed by atoms with van der Waals surface area (Å²) in [4.78, 5) is 6.52. The lowest BCUT2D eigenvalue weighted by atomic mass is 10.1. The number of rotatable bonds is 4. The van der Waals surface area contributed by atoms with Crippen molar-refractivity contribution in [1.29, 1.82) is 0 Å². The van der Waals surface area contributed by atoms with Crippen molar-refractivity contribution in [1.82, 2.24) is 9.88 Å². The van der Waals surface area contributed by atoms with Crippen LogP contribution < -0.4 is 5.73 Å². The average molecular weight is 265 g/mol. The zero-order valence-electron chi connectivity index (χ0n) is 10.5. The largest absolute Gasteiger partial charge is 0.398 e. The molecule has 0 radical (unpaired) electrons. The van der Waals surface area contributed by atoms with Crippen molar-refractivity contribution in [2.24, 2.45) is 0 Å². The number of nitrogens with zero attached hydrogens (tertiary/aromatic N) is 2. The van der Waals surface area contributed by atoms with Crippen LogP contribution in [0.2, 0.25) is 0 Å². The minimum absolute atomic E-state index is 0.297. The van der Waals surface area contributed by atoms with Crippen molar-refractivity contribution in [2.45, 2.75) is 20.0 Å². The third kappa shape index (κ3) is 3.27. The predicted octanol–water partition coefficient (Wildman–Crippen LogP) is 2.80. The van der Waals surface area contributed by atoms with E-state index in [0.717, 1.165) is 22.8 Å². The van der Waals surface area contributed by atoms with E-state index in [-0.39, 0.29) is 5.82 Å². The maximum atomic E-state index is 12.9. The van der Waals surface area contributed by atoms with Gasteiger partial charge in [-0.2, -0.15) is 0 Å². The summed E-state index contributed by atoms with van der Waals surface area (Å²) in [6.07, 6.45) is 0. The molecule has 3 nitrogen and oxygen atoms in total. The highest BCUT2D eigenvalue weighted by Crippen LogP contribution is 2.17. The lowest BCUT2D eigenvalue weighted by molar-refractivity contribution is 0.316. The molecule has 0 spiro atoms. The van der Waals surface area contributed by atoms with Crippen LogP contribution >= 0.6 is 11.3 Å². The molecule has 1 aromatic heterocycles. The molecule has 96 valence electrons. The Hall–Kier alpha value is -1.46. The van der Waals surface area contributed by atoms with Gasteiger partial charge in [-0.15, -0.1) is 11.3 Å². The first kappa shape index (κ1) is 13.0. The van der Waals surface area contributed by atoms with Gasteiger partial charge in [0.25, 0.3) is 0 Å². The van der Waals surface area contributed by atoms with Crippen LogP contribution in [0.5, 0.6) is 0 Å². The standard InChI is InChI=1S/C13H16FN3S/c1-9-16-12(8-18-9)7-17(2)6-10-3-4-11(14)5-13(10)15/h3-5,8H,6-7,15H2,1-2H3. The predicted molar refractivity (Wildman–Crippen MR) is 72.8 cm³/mol. The molecule has 0 saturated carbocycles. The van der Waals surface area contributed by atoms with Gasteiger partial charge in [-0.1, -0.05) is 6.07 Å². The molecule has 0 fully saturated rings. The molecule has 0 atom stereocenters. The third-order valence-electron chi connectivity index (χ3n) is 2.65. The van der Waals surface area contributed by atoms with Crippen LogP contribution in [0.3, 0.4) is 0 Å². The summed E-state index contributed by atoms with van der Waals surface area (Å²) < 4.78 is 12.9. The van der Waals surface area contributed by atoms with Crippen LogP contribution in [0.1, 0.15) is 16.3 Å². The molecular formula is C13H16FN3S.